The van der Waals surface area contributed by atoms with Crippen LogP contribution in [0.15, 0.2) is 16.5 Å². The van der Waals surface area contributed by atoms with Gasteiger partial charge in [0.15, 0.2) is 4.34 Å². The summed E-state index contributed by atoms with van der Waals surface area (Å²) < 4.78 is 0.647. The van der Waals surface area contributed by atoms with E-state index in [1.807, 2.05) is 32.9 Å². The summed E-state index contributed by atoms with van der Waals surface area (Å²) in [6.07, 6.45) is 0.389. The normalized spacial score (nSPS) is 10.5. The van der Waals surface area contributed by atoms with Gasteiger partial charge >= 0.3 is 0 Å². The van der Waals surface area contributed by atoms with Gasteiger partial charge in [0.2, 0.25) is 16.9 Å². The third-order valence-corrected chi connectivity index (χ3v) is 5.21. The third kappa shape index (κ3) is 5.04. The van der Waals surface area contributed by atoms with E-state index in [1.165, 1.54) is 28.7 Å². The molecule has 0 saturated carbocycles. The first-order chi connectivity index (χ1) is 11.4. The number of aromatic nitrogens is 2. The Hall–Kier alpha value is -1.93. The molecule has 8 heteroatoms. The summed E-state index contributed by atoms with van der Waals surface area (Å²) in [6, 6.07) is 4.09. The van der Waals surface area contributed by atoms with Crippen LogP contribution in [0.25, 0.3) is 0 Å². The van der Waals surface area contributed by atoms with Crippen LogP contribution in [-0.4, -0.2) is 27.8 Å². The van der Waals surface area contributed by atoms with Gasteiger partial charge in [0.05, 0.1) is 5.75 Å². The molecule has 128 valence electrons. The average molecular weight is 364 g/mol. The molecule has 0 aliphatic heterocycles. The summed E-state index contributed by atoms with van der Waals surface area (Å²) in [7, 11) is 0. The van der Waals surface area contributed by atoms with Gasteiger partial charge in [-0.3, -0.25) is 9.59 Å². The number of aryl methyl sites for hydroxylation is 3. The van der Waals surface area contributed by atoms with E-state index in [4.69, 9.17) is 0 Å². The van der Waals surface area contributed by atoms with Crippen molar-refractivity contribution in [2.45, 2.75) is 38.5 Å². The number of nitrogens with one attached hydrogen (secondary N) is 2. The Morgan fingerprint density at radius 3 is 2.38 bits per heavy atom. The number of nitrogens with zero attached hydrogens (tertiary/aromatic N) is 2. The Morgan fingerprint density at radius 2 is 1.75 bits per heavy atom. The Labute approximate surface area is 149 Å². The van der Waals surface area contributed by atoms with Gasteiger partial charge in [0, 0.05) is 12.1 Å². The fourth-order valence-electron chi connectivity index (χ4n) is 2.21. The molecule has 6 nitrogen and oxygen atoms in total. The molecule has 2 aromatic rings. The largest absolute Gasteiger partial charge is 0.325 e. The summed E-state index contributed by atoms with van der Waals surface area (Å²) in [5, 5.41) is 13.9. The lowest BCUT2D eigenvalue weighted by atomic mass is 10.1. The molecule has 0 radical (unpaired) electrons. The first-order valence-electron chi connectivity index (χ1n) is 7.53. The maximum atomic E-state index is 12.2. The first-order valence-corrected chi connectivity index (χ1v) is 9.33. The van der Waals surface area contributed by atoms with Gasteiger partial charge in [-0.15, -0.1) is 10.2 Å². The van der Waals surface area contributed by atoms with Crippen molar-refractivity contribution >= 4 is 45.7 Å². The van der Waals surface area contributed by atoms with Crippen LogP contribution >= 0.6 is 23.1 Å². The molecule has 0 aliphatic carbocycles. The minimum atomic E-state index is -0.106. The van der Waals surface area contributed by atoms with Crippen molar-refractivity contribution in [1.82, 2.24) is 10.2 Å². The number of rotatable bonds is 6. The highest BCUT2D eigenvalue weighted by Crippen LogP contribution is 2.26. The molecule has 1 aromatic heterocycles. The van der Waals surface area contributed by atoms with Crippen molar-refractivity contribution in [2.75, 3.05) is 16.4 Å². The van der Waals surface area contributed by atoms with Gasteiger partial charge in [0.1, 0.15) is 0 Å². The monoisotopic (exact) mass is 364 g/mol. The van der Waals surface area contributed by atoms with Gasteiger partial charge in [-0.25, -0.2) is 0 Å². The lowest BCUT2D eigenvalue weighted by Crippen LogP contribution is -2.15. The highest BCUT2D eigenvalue weighted by Gasteiger charge is 2.12. The van der Waals surface area contributed by atoms with Crippen molar-refractivity contribution in [1.29, 1.82) is 0 Å². The Balaban J connectivity index is 1.91. The lowest BCUT2D eigenvalue weighted by molar-refractivity contribution is -0.116. The van der Waals surface area contributed by atoms with Crippen LogP contribution in [0.3, 0.4) is 0 Å². The molecule has 1 aromatic carbocycles. The molecule has 0 saturated heterocycles. The average Bonchev–Trinajstić information content (AvgIpc) is 2.96. The van der Waals surface area contributed by atoms with E-state index >= 15 is 0 Å². The molecule has 0 unspecified atom stereocenters. The molecule has 2 amide bonds. The molecular formula is C16H20N4O2S2. The maximum Gasteiger partial charge on any atom is 0.234 e. The Bertz CT molecular complexity index is 735. The number of hydrogen-bond acceptors (Lipinski definition) is 6. The fourth-order valence-corrected chi connectivity index (χ4v) is 3.77. The molecule has 0 atom stereocenters. The summed E-state index contributed by atoms with van der Waals surface area (Å²) in [5.41, 5.74) is 4.13. The minimum Gasteiger partial charge on any atom is -0.325 e. The Kier molecular flexibility index (Phi) is 6.33. The predicted molar refractivity (Wildman–Crippen MR) is 98.8 cm³/mol. The predicted octanol–water partition coefficient (Wildman–Crippen LogP) is 3.54. The van der Waals surface area contributed by atoms with Crippen molar-refractivity contribution in [3.8, 4) is 0 Å². The van der Waals surface area contributed by atoms with Gasteiger partial charge in [0.25, 0.3) is 0 Å². The molecule has 0 fully saturated rings. The zero-order valence-corrected chi connectivity index (χ0v) is 15.7. The van der Waals surface area contributed by atoms with Crippen LogP contribution in [0.1, 0.15) is 30.0 Å². The fraction of sp³-hybridized carbons (Fsp3) is 0.375. The number of amides is 2. The van der Waals surface area contributed by atoms with E-state index in [-0.39, 0.29) is 17.6 Å². The standard InChI is InChI=1S/C16H20N4O2S2/c1-5-12(21)18-15-19-20-16(24-15)23-8-13(22)17-14-10(3)6-9(2)7-11(14)4/h6-7H,5,8H2,1-4H3,(H,17,22)(H,18,19,21). The smallest absolute Gasteiger partial charge is 0.234 e. The van der Waals surface area contributed by atoms with Crippen molar-refractivity contribution in [2.24, 2.45) is 0 Å². The molecule has 0 bridgehead atoms. The second-order valence-corrected chi connectivity index (χ2v) is 7.59. The van der Waals surface area contributed by atoms with E-state index in [0.29, 0.717) is 15.9 Å². The summed E-state index contributed by atoms with van der Waals surface area (Å²) in [5.74, 6) is 0.0403. The lowest BCUT2D eigenvalue weighted by Gasteiger charge is -2.12. The van der Waals surface area contributed by atoms with E-state index in [1.54, 1.807) is 6.92 Å². The maximum absolute atomic E-state index is 12.2. The van der Waals surface area contributed by atoms with Gasteiger partial charge in [-0.1, -0.05) is 47.7 Å². The van der Waals surface area contributed by atoms with Crippen molar-refractivity contribution in [3.05, 3.63) is 28.8 Å². The molecule has 2 N–H and O–H groups in total. The third-order valence-electron chi connectivity index (χ3n) is 3.24. The molecule has 0 aliphatic rings. The van der Waals surface area contributed by atoms with Gasteiger partial charge < -0.3 is 10.6 Å². The molecule has 0 spiro atoms. The van der Waals surface area contributed by atoms with Crippen LogP contribution in [0, 0.1) is 20.8 Å². The molecule has 1 heterocycles. The summed E-state index contributed by atoms with van der Waals surface area (Å²) >= 11 is 2.56. The Morgan fingerprint density at radius 1 is 1.08 bits per heavy atom. The second-order valence-electron chi connectivity index (χ2n) is 5.39. The van der Waals surface area contributed by atoms with Crippen molar-refractivity contribution < 1.29 is 9.59 Å². The first kappa shape index (κ1) is 18.4. The topological polar surface area (TPSA) is 84.0 Å². The van der Waals surface area contributed by atoms with Crippen LogP contribution in [0.2, 0.25) is 0 Å². The highest BCUT2D eigenvalue weighted by molar-refractivity contribution is 8.01. The van der Waals surface area contributed by atoms with Crippen LogP contribution < -0.4 is 10.6 Å². The second kappa shape index (κ2) is 8.25. The number of hydrogen-bond donors (Lipinski definition) is 2. The van der Waals surface area contributed by atoms with Gasteiger partial charge in [-0.05, 0) is 31.9 Å². The summed E-state index contributed by atoms with van der Waals surface area (Å²) in [6.45, 7) is 7.77. The van der Waals surface area contributed by atoms with Crippen LogP contribution in [0.5, 0.6) is 0 Å². The SMILES string of the molecule is CCC(=O)Nc1nnc(SCC(=O)Nc2c(C)cc(C)cc2C)s1. The number of benzene rings is 1. The van der Waals surface area contributed by atoms with Crippen LogP contribution in [-0.2, 0) is 9.59 Å². The number of anilines is 2. The number of carbonyl (C=O) groups is 2. The van der Waals surface area contributed by atoms with Gasteiger partial charge in [-0.2, -0.15) is 0 Å². The summed E-state index contributed by atoms with van der Waals surface area (Å²) in [4.78, 5) is 23.5. The molecule has 2 rings (SSSR count). The van der Waals surface area contributed by atoms with Crippen LogP contribution in [0.4, 0.5) is 10.8 Å². The van der Waals surface area contributed by atoms with E-state index in [9.17, 15) is 9.59 Å². The molecule has 24 heavy (non-hydrogen) atoms. The van der Waals surface area contributed by atoms with E-state index in [2.05, 4.69) is 20.8 Å². The zero-order valence-electron chi connectivity index (χ0n) is 14.1. The van der Waals surface area contributed by atoms with E-state index in [0.717, 1.165) is 16.8 Å². The number of carbonyl (C=O) groups excluding carboxylic acids is 2. The number of thioether (sulfide) groups is 1. The van der Waals surface area contributed by atoms with E-state index < -0.39 is 0 Å². The molecular weight excluding hydrogens is 344 g/mol. The zero-order chi connectivity index (χ0) is 17.7. The quantitative estimate of drug-likeness (QED) is 0.605. The minimum absolute atomic E-state index is 0.0932. The highest BCUT2D eigenvalue weighted by atomic mass is 32.2. The van der Waals surface area contributed by atoms with Crippen molar-refractivity contribution in [3.63, 3.8) is 0 Å².